The standard InChI is InChI=1S/C28H26O7/c1-32-21-8-5-20(6-9-21)17-26-28(31)24-18-23(12-13-25(24)35-26)34-16-2-15-33-22-10-3-19(4-11-22)7-14-27(29)30/h3-6,8-13,17-18H,2,7,14-16H2,1H3,(H,29,30)/b26-17-. The molecular formula is C28H26O7. The summed E-state index contributed by atoms with van der Waals surface area (Å²) in [6.07, 6.45) is 2.97. The maximum atomic E-state index is 12.8. The van der Waals surface area contributed by atoms with Crippen LogP contribution in [0.1, 0.15) is 34.3 Å². The van der Waals surface area contributed by atoms with E-state index in [1.165, 1.54) is 0 Å². The molecule has 0 amide bonds. The van der Waals surface area contributed by atoms with Crippen molar-refractivity contribution in [1.29, 1.82) is 0 Å². The minimum absolute atomic E-state index is 0.109. The molecule has 1 aliphatic heterocycles. The molecule has 0 aromatic heterocycles. The Morgan fingerprint density at radius 2 is 1.57 bits per heavy atom. The molecule has 0 bridgehead atoms. The molecule has 0 spiro atoms. The highest BCUT2D eigenvalue weighted by Gasteiger charge is 2.27. The van der Waals surface area contributed by atoms with Crippen LogP contribution in [0.4, 0.5) is 0 Å². The second-order valence-corrected chi connectivity index (χ2v) is 7.96. The number of aliphatic carboxylic acids is 1. The fraction of sp³-hybridized carbons (Fsp3) is 0.214. The smallest absolute Gasteiger partial charge is 0.303 e. The van der Waals surface area contributed by atoms with E-state index in [9.17, 15) is 9.59 Å². The van der Waals surface area contributed by atoms with E-state index in [0.717, 1.165) is 22.6 Å². The van der Waals surface area contributed by atoms with E-state index < -0.39 is 5.97 Å². The summed E-state index contributed by atoms with van der Waals surface area (Å²) < 4.78 is 22.4. The molecule has 0 aliphatic carbocycles. The number of allylic oxidation sites excluding steroid dienone is 1. The molecule has 0 saturated carbocycles. The monoisotopic (exact) mass is 474 g/mol. The Bertz CT molecular complexity index is 1210. The number of methoxy groups -OCH3 is 1. The number of carboxylic acids is 1. The summed E-state index contributed by atoms with van der Waals surface area (Å²) in [6, 6.07) is 20.0. The third-order valence-electron chi connectivity index (χ3n) is 5.43. The zero-order valence-corrected chi connectivity index (χ0v) is 19.4. The molecule has 0 fully saturated rings. The van der Waals surface area contributed by atoms with Gasteiger partial charge in [0.25, 0.3) is 0 Å². The first-order chi connectivity index (χ1) is 17.0. The molecule has 180 valence electrons. The number of benzene rings is 3. The van der Waals surface area contributed by atoms with Gasteiger partial charge in [-0.3, -0.25) is 9.59 Å². The predicted octanol–water partition coefficient (Wildman–Crippen LogP) is 5.18. The molecule has 35 heavy (non-hydrogen) atoms. The highest BCUT2D eigenvalue weighted by molar-refractivity contribution is 6.14. The Balaban J connectivity index is 1.24. The van der Waals surface area contributed by atoms with E-state index >= 15 is 0 Å². The van der Waals surface area contributed by atoms with Crippen molar-refractivity contribution in [3.05, 3.63) is 89.2 Å². The molecule has 0 atom stereocenters. The summed E-state index contributed by atoms with van der Waals surface area (Å²) in [5, 5.41) is 8.75. The van der Waals surface area contributed by atoms with Crippen LogP contribution in [-0.2, 0) is 11.2 Å². The van der Waals surface area contributed by atoms with Gasteiger partial charge in [0, 0.05) is 12.8 Å². The van der Waals surface area contributed by atoms with E-state index in [-0.39, 0.29) is 18.0 Å². The molecule has 1 heterocycles. The maximum absolute atomic E-state index is 12.8. The molecule has 1 N–H and O–H groups in total. The third kappa shape index (κ3) is 6.41. The zero-order chi connectivity index (χ0) is 24.6. The molecule has 0 saturated heterocycles. The lowest BCUT2D eigenvalue weighted by Gasteiger charge is -2.09. The quantitative estimate of drug-likeness (QED) is 0.303. The van der Waals surface area contributed by atoms with Gasteiger partial charge < -0.3 is 24.1 Å². The van der Waals surface area contributed by atoms with Crippen molar-refractivity contribution in [3.63, 3.8) is 0 Å². The van der Waals surface area contributed by atoms with Crippen molar-refractivity contribution < 1.29 is 33.6 Å². The lowest BCUT2D eigenvalue weighted by Crippen LogP contribution is -2.05. The van der Waals surface area contributed by atoms with Crippen LogP contribution in [0, 0.1) is 0 Å². The fourth-order valence-corrected chi connectivity index (χ4v) is 3.55. The summed E-state index contributed by atoms with van der Waals surface area (Å²) >= 11 is 0. The van der Waals surface area contributed by atoms with Crippen molar-refractivity contribution in [2.75, 3.05) is 20.3 Å². The summed E-state index contributed by atoms with van der Waals surface area (Å²) in [5.74, 6) is 1.84. The largest absolute Gasteiger partial charge is 0.497 e. The van der Waals surface area contributed by atoms with E-state index in [2.05, 4.69) is 0 Å². The molecule has 0 radical (unpaired) electrons. The zero-order valence-electron chi connectivity index (χ0n) is 19.4. The van der Waals surface area contributed by atoms with E-state index in [4.69, 9.17) is 24.1 Å². The van der Waals surface area contributed by atoms with Gasteiger partial charge in [-0.2, -0.15) is 0 Å². The van der Waals surface area contributed by atoms with Crippen LogP contribution in [0.3, 0.4) is 0 Å². The summed E-state index contributed by atoms with van der Waals surface area (Å²) in [4.78, 5) is 23.4. The average molecular weight is 475 g/mol. The Morgan fingerprint density at radius 1 is 0.914 bits per heavy atom. The number of fused-ring (bicyclic) bond motifs is 1. The van der Waals surface area contributed by atoms with Crippen molar-refractivity contribution >= 4 is 17.8 Å². The predicted molar refractivity (Wildman–Crippen MR) is 130 cm³/mol. The van der Waals surface area contributed by atoms with Crippen LogP contribution in [-0.4, -0.2) is 37.2 Å². The first-order valence-corrected chi connectivity index (χ1v) is 11.3. The molecule has 0 unspecified atom stereocenters. The van der Waals surface area contributed by atoms with Crippen LogP contribution in [0.2, 0.25) is 0 Å². The summed E-state index contributed by atoms with van der Waals surface area (Å²) in [5.41, 5.74) is 2.27. The summed E-state index contributed by atoms with van der Waals surface area (Å²) in [7, 11) is 1.60. The number of aryl methyl sites for hydroxylation is 1. The molecule has 7 nitrogen and oxygen atoms in total. The minimum Gasteiger partial charge on any atom is -0.497 e. The highest BCUT2D eigenvalue weighted by Crippen LogP contribution is 2.34. The molecule has 3 aromatic rings. The van der Waals surface area contributed by atoms with Crippen molar-refractivity contribution in [1.82, 2.24) is 0 Å². The van der Waals surface area contributed by atoms with Crippen LogP contribution in [0.5, 0.6) is 23.0 Å². The number of Topliss-reactive ketones (excluding diaryl/α,β-unsaturated/α-hetero) is 1. The van der Waals surface area contributed by atoms with Gasteiger partial charge in [-0.1, -0.05) is 24.3 Å². The van der Waals surface area contributed by atoms with Gasteiger partial charge in [0.15, 0.2) is 5.76 Å². The van der Waals surface area contributed by atoms with Gasteiger partial charge in [0.1, 0.15) is 23.0 Å². The number of carbonyl (C=O) groups excluding carboxylic acids is 1. The molecule has 3 aromatic carbocycles. The number of hydrogen-bond donors (Lipinski definition) is 1. The number of hydrogen-bond acceptors (Lipinski definition) is 6. The number of rotatable bonds is 11. The fourth-order valence-electron chi connectivity index (χ4n) is 3.55. The van der Waals surface area contributed by atoms with Gasteiger partial charge in [0.2, 0.25) is 5.78 Å². The Hall–Kier alpha value is -4.26. The van der Waals surface area contributed by atoms with Gasteiger partial charge in [-0.05, 0) is 66.1 Å². The second kappa shape index (κ2) is 11.2. The molecular weight excluding hydrogens is 448 g/mol. The SMILES string of the molecule is COc1ccc(/C=C2\Oc3ccc(OCCCOc4ccc(CCC(=O)O)cc4)cc3C2=O)cc1. The van der Waals surface area contributed by atoms with Crippen molar-refractivity contribution in [2.45, 2.75) is 19.3 Å². The lowest BCUT2D eigenvalue weighted by molar-refractivity contribution is -0.136. The molecule has 7 heteroatoms. The van der Waals surface area contributed by atoms with Crippen molar-refractivity contribution in [2.24, 2.45) is 0 Å². The number of ether oxygens (including phenoxy) is 4. The number of carbonyl (C=O) groups is 2. The van der Waals surface area contributed by atoms with Gasteiger partial charge in [-0.25, -0.2) is 0 Å². The lowest BCUT2D eigenvalue weighted by atomic mass is 10.1. The third-order valence-corrected chi connectivity index (χ3v) is 5.43. The highest BCUT2D eigenvalue weighted by atomic mass is 16.5. The second-order valence-electron chi connectivity index (χ2n) is 7.96. The minimum atomic E-state index is -0.809. The molecule has 1 aliphatic rings. The van der Waals surface area contributed by atoms with E-state index in [1.807, 2.05) is 48.5 Å². The van der Waals surface area contributed by atoms with Gasteiger partial charge in [-0.15, -0.1) is 0 Å². The number of carboxylic acid groups (broad SMARTS) is 1. The first-order valence-electron chi connectivity index (χ1n) is 11.3. The average Bonchev–Trinajstić information content (AvgIpc) is 3.18. The van der Waals surface area contributed by atoms with Gasteiger partial charge in [0.05, 0.1) is 25.9 Å². The van der Waals surface area contributed by atoms with Crippen LogP contribution >= 0.6 is 0 Å². The Morgan fingerprint density at radius 3 is 2.26 bits per heavy atom. The topological polar surface area (TPSA) is 91.3 Å². The van der Waals surface area contributed by atoms with E-state index in [0.29, 0.717) is 43.1 Å². The van der Waals surface area contributed by atoms with Gasteiger partial charge >= 0.3 is 5.97 Å². The van der Waals surface area contributed by atoms with Crippen LogP contribution in [0.25, 0.3) is 6.08 Å². The molecule has 4 rings (SSSR count). The Labute approximate surface area is 203 Å². The normalized spacial score (nSPS) is 13.3. The first kappa shape index (κ1) is 23.9. The van der Waals surface area contributed by atoms with Crippen molar-refractivity contribution in [3.8, 4) is 23.0 Å². The maximum Gasteiger partial charge on any atom is 0.303 e. The van der Waals surface area contributed by atoms with Crippen LogP contribution in [0.15, 0.2) is 72.5 Å². The number of ketones is 1. The summed E-state index contributed by atoms with van der Waals surface area (Å²) in [6.45, 7) is 0.898. The van der Waals surface area contributed by atoms with E-state index in [1.54, 1.807) is 31.4 Å². The Kier molecular flexibility index (Phi) is 7.67. The van der Waals surface area contributed by atoms with Crippen LogP contribution < -0.4 is 18.9 Å².